The molecule has 1 aromatic carbocycles. The number of halogens is 2. The van der Waals surface area contributed by atoms with Gasteiger partial charge in [-0.3, -0.25) is 4.79 Å². The quantitative estimate of drug-likeness (QED) is 0.931. The lowest BCUT2D eigenvalue weighted by atomic mass is 10.2. The third kappa shape index (κ3) is 2.36. The molecule has 1 aromatic rings. The summed E-state index contributed by atoms with van der Waals surface area (Å²) in [5, 5.41) is 3.12. The monoisotopic (exact) mass is 312 g/mol. The van der Waals surface area contributed by atoms with Crippen LogP contribution in [0, 0.1) is 5.82 Å². The van der Waals surface area contributed by atoms with Crippen LogP contribution in [0.25, 0.3) is 0 Å². The van der Waals surface area contributed by atoms with Gasteiger partial charge < -0.3 is 10.2 Å². The maximum Gasteiger partial charge on any atom is 0.245 e. The molecular weight excluding hydrogens is 299 g/mol. The van der Waals surface area contributed by atoms with Crippen LogP contribution in [0.3, 0.4) is 0 Å². The Kier molecular flexibility index (Phi) is 3.01. The Morgan fingerprint density at radius 1 is 1.28 bits per heavy atom. The van der Waals surface area contributed by atoms with Gasteiger partial charge in [0.2, 0.25) is 5.91 Å². The SMILES string of the molecule is O=C1[C@@H](Nc2cc(F)cc(Br)c2)CCN1C1CC1. The summed E-state index contributed by atoms with van der Waals surface area (Å²) in [5.41, 5.74) is 0.651. The molecule has 0 radical (unpaired) electrons. The second-order valence-corrected chi connectivity index (χ2v) is 5.82. The van der Waals surface area contributed by atoms with Crippen LogP contribution in [0.1, 0.15) is 19.3 Å². The minimum absolute atomic E-state index is 0.151. The van der Waals surface area contributed by atoms with Crippen molar-refractivity contribution in [1.29, 1.82) is 0 Å². The highest BCUT2D eigenvalue weighted by atomic mass is 79.9. The third-order valence-corrected chi connectivity index (χ3v) is 3.89. The zero-order valence-corrected chi connectivity index (χ0v) is 11.4. The summed E-state index contributed by atoms with van der Waals surface area (Å²) in [7, 11) is 0. The molecule has 1 saturated carbocycles. The predicted molar refractivity (Wildman–Crippen MR) is 70.9 cm³/mol. The van der Waals surface area contributed by atoms with E-state index in [0.717, 1.165) is 25.8 Å². The molecule has 96 valence electrons. The lowest BCUT2D eigenvalue weighted by molar-refractivity contribution is -0.128. The number of carbonyl (C=O) groups excluding carboxylic acids is 1. The van der Waals surface area contributed by atoms with E-state index in [1.165, 1.54) is 12.1 Å². The lowest BCUT2D eigenvalue weighted by Crippen LogP contribution is -2.34. The van der Waals surface area contributed by atoms with Crippen molar-refractivity contribution in [2.75, 3.05) is 11.9 Å². The molecule has 1 atom stereocenters. The van der Waals surface area contributed by atoms with E-state index in [1.54, 1.807) is 6.07 Å². The summed E-state index contributed by atoms with van der Waals surface area (Å²) in [6.07, 6.45) is 3.05. The lowest BCUT2D eigenvalue weighted by Gasteiger charge is -2.17. The molecule has 1 aliphatic heterocycles. The smallest absolute Gasteiger partial charge is 0.245 e. The normalized spacial score (nSPS) is 23.6. The standard InChI is InChI=1S/C13H14BrFN2O/c14-8-5-9(15)7-10(6-8)16-12-3-4-17(13(12)18)11-1-2-11/h5-7,11-12,16H,1-4H2/t12-/m0/s1. The van der Waals surface area contributed by atoms with Gasteiger partial charge in [-0.1, -0.05) is 15.9 Å². The summed E-state index contributed by atoms with van der Waals surface area (Å²) >= 11 is 3.25. The van der Waals surface area contributed by atoms with Crippen LogP contribution in [-0.4, -0.2) is 29.4 Å². The molecule has 1 heterocycles. The molecule has 2 fully saturated rings. The molecule has 5 heteroatoms. The highest BCUT2D eigenvalue weighted by Crippen LogP contribution is 2.31. The van der Waals surface area contributed by atoms with Crippen molar-refractivity contribution in [3.63, 3.8) is 0 Å². The molecule has 3 rings (SSSR count). The minimum atomic E-state index is -0.309. The van der Waals surface area contributed by atoms with Gasteiger partial charge in [-0.05, 0) is 37.5 Å². The van der Waals surface area contributed by atoms with E-state index in [9.17, 15) is 9.18 Å². The van der Waals surface area contributed by atoms with Gasteiger partial charge in [0.25, 0.3) is 0 Å². The Labute approximate surface area is 113 Å². The van der Waals surface area contributed by atoms with Gasteiger partial charge in [0.15, 0.2) is 0 Å². The summed E-state index contributed by atoms with van der Waals surface area (Å²) in [6, 6.07) is 4.86. The van der Waals surface area contributed by atoms with E-state index < -0.39 is 0 Å². The number of anilines is 1. The fourth-order valence-corrected chi connectivity index (χ4v) is 2.89. The Morgan fingerprint density at radius 3 is 2.72 bits per heavy atom. The number of nitrogens with one attached hydrogen (secondary N) is 1. The van der Waals surface area contributed by atoms with E-state index >= 15 is 0 Å². The van der Waals surface area contributed by atoms with Crippen LogP contribution in [-0.2, 0) is 4.79 Å². The number of carbonyl (C=O) groups is 1. The largest absolute Gasteiger partial charge is 0.374 e. The second kappa shape index (κ2) is 4.53. The van der Waals surface area contributed by atoms with Gasteiger partial charge in [0.05, 0.1) is 0 Å². The summed E-state index contributed by atoms with van der Waals surface area (Å²) in [6.45, 7) is 0.817. The maximum atomic E-state index is 13.2. The number of benzene rings is 1. The summed E-state index contributed by atoms with van der Waals surface area (Å²) in [4.78, 5) is 14.1. The fourth-order valence-electron chi connectivity index (χ4n) is 2.42. The molecule has 1 aliphatic carbocycles. The molecular formula is C13H14BrFN2O. The number of hydrogen-bond acceptors (Lipinski definition) is 2. The van der Waals surface area contributed by atoms with E-state index in [-0.39, 0.29) is 17.8 Å². The topological polar surface area (TPSA) is 32.3 Å². The van der Waals surface area contributed by atoms with E-state index in [4.69, 9.17) is 0 Å². The molecule has 0 spiro atoms. The van der Waals surface area contributed by atoms with Crippen molar-refractivity contribution in [2.45, 2.75) is 31.3 Å². The average Bonchev–Trinajstić information content (AvgIpc) is 3.05. The Bertz CT molecular complexity index is 470. The first-order chi connectivity index (χ1) is 8.63. The van der Waals surface area contributed by atoms with Gasteiger partial charge in [0.1, 0.15) is 11.9 Å². The molecule has 0 unspecified atom stereocenters. The number of likely N-dealkylation sites (tertiary alicyclic amines) is 1. The van der Waals surface area contributed by atoms with E-state index in [2.05, 4.69) is 21.2 Å². The average molecular weight is 313 g/mol. The molecule has 0 aromatic heterocycles. The van der Waals surface area contributed by atoms with Crippen molar-refractivity contribution in [3.8, 4) is 0 Å². The van der Waals surface area contributed by atoms with Gasteiger partial charge in [-0.15, -0.1) is 0 Å². The maximum absolute atomic E-state index is 13.2. The Hall–Kier alpha value is -1.10. The highest BCUT2D eigenvalue weighted by Gasteiger charge is 2.40. The molecule has 1 saturated heterocycles. The van der Waals surface area contributed by atoms with Crippen LogP contribution in [0.4, 0.5) is 10.1 Å². The first-order valence-corrected chi connectivity index (χ1v) is 6.96. The Morgan fingerprint density at radius 2 is 2.06 bits per heavy atom. The summed E-state index contributed by atoms with van der Waals surface area (Å²) < 4.78 is 13.9. The molecule has 2 aliphatic rings. The highest BCUT2D eigenvalue weighted by molar-refractivity contribution is 9.10. The van der Waals surface area contributed by atoms with Gasteiger partial charge in [-0.25, -0.2) is 4.39 Å². The van der Waals surface area contributed by atoms with Crippen LogP contribution in [0.15, 0.2) is 22.7 Å². The Balaban J connectivity index is 1.71. The molecule has 1 N–H and O–H groups in total. The van der Waals surface area contributed by atoms with Gasteiger partial charge in [-0.2, -0.15) is 0 Å². The summed E-state index contributed by atoms with van der Waals surface area (Å²) in [5.74, 6) is -0.158. The van der Waals surface area contributed by atoms with Gasteiger partial charge >= 0.3 is 0 Å². The van der Waals surface area contributed by atoms with Crippen molar-refractivity contribution < 1.29 is 9.18 Å². The van der Waals surface area contributed by atoms with E-state index in [1.807, 2.05) is 4.90 Å². The first-order valence-electron chi connectivity index (χ1n) is 6.16. The molecule has 3 nitrogen and oxygen atoms in total. The number of amides is 1. The number of nitrogens with zero attached hydrogens (tertiary/aromatic N) is 1. The molecule has 0 bridgehead atoms. The van der Waals surface area contributed by atoms with Crippen molar-refractivity contribution in [3.05, 3.63) is 28.5 Å². The zero-order valence-electron chi connectivity index (χ0n) is 9.83. The number of hydrogen-bond donors (Lipinski definition) is 1. The van der Waals surface area contributed by atoms with Crippen LogP contribution < -0.4 is 5.32 Å². The first kappa shape index (κ1) is 12.0. The second-order valence-electron chi connectivity index (χ2n) is 4.91. The van der Waals surface area contributed by atoms with Crippen molar-refractivity contribution >= 4 is 27.5 Å². The zero-order chi connectivity index (χ0) is 12.7. The van der Waals surface area contributed by atoms with Crippen molar-refractivity contribution in [2.24, 2.45) is 0 Å². The minimum Gasteiger partial charge on any atom is -0.374 e. The van der Waals surface area contributed by atoms with Crippen molar-refractivity contribution in [1.82, 2.24) is 4.90 Å². The van der Waals surface area contributed by atoms with Crippen LogP contribution in [0.2, 0.25) is 0 Å². The van der Waals surface area contributed by atoms with Gasteiger partial charge in [0, 0.05) is 22.7 Å². The van der Waals surface area contributed by atoms with E-state index in [0.29, 0.717) is 16.2 Å². The van der Waals surface area contributed by atoms with Crippen LogP contribution >= 0.6 is 15.9 Å². The third-order valence-electron chi connectivity index (χ3n) is 3.43. The molecule has 1 amide bonds. The fraction of sp³-hybridized carbons (Fsp3) is 0.462. The number of rotatable bonds is 3. The predicted octanol–water partition coefficient (Wildman–Crippen LogP) is 2.76. The van der Waals surface area contributed by atoms with Crippen LogP contribution in [0.5, 0.6) is 0 Å². The molecule has 18 heavy (non-hydrogen) atoms.